The van der Waals surface area contributed by atoms with Gasteiger partial charge in [0.25, 0.3) is 5.91 Å². The molecule has 0 unspecified atom stereocenters. The molecule has 2 heterocycles. The standard InChI is InChI=1S/C27H27ClN2O2/c1-18-6-11-25-23(14-18)24-16-29(2)13-12-26(24)30(25)27(31)20-5-3-4-19(15-20)17-32-22-9-7-21(28)8-10-22/h3-11,14-15,24,26H,12-13,16-17H2,1-2H3/t24-,26+/m0/s1. The molecule has 1 fully saturated rings. The maximum absolute atomic E-state index is 13.8. The van der Waals surface area contributed by atoms with Crippen LogP contribution in [0.4, 0.5) is 5.69 Å². The summed E-state index contributed by atoms with van der Waals surface area (Å²) in [6.45, 7) is 4.51. The molecule has 3 aromatic rings. The molecule has 1 saturated heterocycles. The molecule has 0 aromatic heterocycles. The zero-order valence-electron chi connectivity index (χ0n) is 18.4. The summed E-state index contributed by atoms with van der Waals surface area (Å²) in [5.74, 6) is 1.19. The lowest BCUT2D eigenvalue weighted by molar-refractivity contribution is 0.0964. The summed E-state index contributed by atoms with van der Waals surface area (Å²) in [5.41, 5.74) is 5.28. The average molecular weight is 447 g/mol. The first-order chi connectivity index (χ1) is 15.5. The number of fused-ring (bicyclic) bond motifs is 3. The van der Waals surface area contributed by atoms with Crippen LogP contribution < -0.4 is 9.64 Å². The summed E-state index contributed by atoms with van der Waals surface area (Å²) >= 11 is 5.95. The van der Waals surface area contributed by atoms with E-state index in [2.05, 4.69) is 37.1 Å². The number of piperidine rings is 1. The molecule has 164 valence electrons. The highest BCUT2D eigenvalue weighted by Gasteiger charge is 2.44. The normalized spacial score (nSPS) is 20.0. The Hall–Kier alpha value is -2.82. The van der Waals surface area contributed by atoms with Crippen LogP contribution in [0.2, 0.25) is 5.02 Å². The van der Waals surface area contributed by atoms with Gasteiger partial charge in [-0.1, -0.05) is 41.4 Å². The van der Waals surface area contributed by atoms with Crippen molar-refractivity contribution in [1.82, 2.24) is 4.90 Å². The molecule has 2 atom stereocenters. The topological polar surface area (TPSA) is 32.8 Å². The summed E-state index contributed by atoms with van der Waals surface area (Å²) < 4.78 is 5.89. The molecule has 5 rings (SSSR count). The first-order valence-electron chi connectivity index (χ1n) is 11.1. The molecule has 4 nitrogen and oxygen atoms in total. The second-order valence-electron chi connectivity index (χ2n) is 8.91. The minimum absolute atomic E-state index is 0.0699. The molecule has 0 N–H and O–H groups in total. The van der Waals surface area contributed by atoms with Crippen LogP contribution in [0.5, 0.6) is 5.75 Å². The van der Waals surface area contributed by atoms with Gasteiger partial charge in [0.15, 0.2) is 0 Å². The predicted octanol–water partition coefficient (Wildman–Crippen LogP) is 5.68. The Kier molecular flexibility index (Phi) is 5.66. The van der Waals surface area contributed by atoms with Gasteiger partial charge in [-0.3, -0.25) is 4.79 Å². The molecule has 0 aliphatic carbocycles. The average Bonchev–Trinajstić information content (AvgIpc) is 3.11. The van der Waals surface area contributed by atoms with Gasteiger partial charge in [0.05, 0.1) is 0 Å². The van der Waals surface area contributed by atoms with Crippen molar-refractivity contribution in [1.29, 1.82) is 0 Å². The fourth-order valence-electron chi connectivity index (χ4n) is 4.98. The largest absolute Gasteiger partial charge is 0.489 e. The number of rotatable bonds is 4. The fraction of sp³-hybridized carbons (Fsp3) is 0.296. The smallest absolute Gasteiger partial charge is 0.258 e. The molecule has 5 heteroatoms. The summed E-state index contributed by atoms with van der Waals surface area (Å²) in [4.78, 5) is 18.2. The quantitative estimate of drug-likeness (QED) is 0.517. The highest BCUT2D eigenvalue weighted by atomic mass is 35.5. The molecule has 2 aliphatic rings. The van der Waals surface area contributed by atoms with E-state index in [1.165, 1.54) is 11.1 Å². The van der Waals surface area contributed by atoms with Crippen molar-refractivity contribution in [2.75, 3.05) is 25.0 Å². The van der Waals surface area contributed by atoms with Crippen LogP contribution in [0.25, 0.3) is 0 Å². The second-order valence-corrected chi connectivity index (χ2v) is 9.34. The van der Waals surface area contributed by atoms with E-state index in [0.717, 1.165) is 36.5 Å². The Balaban J connectivity index is 1.40. The van der Waals surface area contributed by atoms with Crippen LogP contribution in [-0.4, -0.2) is 37.0 Å². The number of amides is 1. The number of hydrogen-bond donors (Lipinski definition) is 0. The second kappa shape index (κ2) is 8.61. The van der Waals surface area contributed by atoms with Gasteiger partial charge in [-0.05, 0) is 80.5 Å². The number of likely N-dealkylation sites (N-methyl/N-ethyl adjacent to an activating group) is 1. The van der Waals surface area contributed by atoms with Crippen LogP contribution >= 0.6 is 11.6 Å². The SMILES string of the molecule is Cc1ccc2c(c1)[C@@H]1CN(C)CC[C@H]1N2C(=O)c1cccc(COc2ccc(Cl)cc2)c1. The summed E-state index contributed by atoms with van der Waals surface area (Å²) in [5, 5.41) is 0.679. The molecule has 0 radical (unpaired) electrons. The molecule has 2 aliphatic heterocycles. The highest BCUT2D eigenvalue weighted by molar-refractivity contribution is 6.30. The molecule has 0 bridgehead atoms. The van der Waals surface area contributed by atoms with E-state index in [9.17, 15) is 4.79 Å². The first-order valence-corrected chi connectivity index (χ1v) is 11.5. The molecule has 1 amide bonds. The summed E-state index contributed by atoms with van der Waals surface area (Å²) in [7, 11) is 2.17. The van der Waals surface area contributed by atoms with E-state index in [1.807, 2.05) is 41.3 Å². The lowest BCUT2D eigenvalue weighted by Crippen LogP contribution is -2.47. The van der Waals surface area contributed by atoms with E-state index in [4.69, 9.17) is 16.3 Å². The van der Waals surface area contributed by atoms with Crippen LogP contribution in [0.1, 0.15) is 39.4 Å². The maximum Gasteiger partial charge on any atom is 0.258 e. The Morgan fingerprint density at radius 3 is 2.72 bits per heavy atom. The van der Waals surface area contributed by atoms with Crippen molar-refractivity contribution in [3.8, 4) is 5.75 Å². The van der Waals surface area contributed by atoms with E-state index >= 15 is 0 Å². The number of nitrogens with zero attached hydrogens (tertiary/aromatic N) is 2. The monoisotopic (exact) mass is 446 g/mol. The molecule has 0 spiro atoms. The number of ether oxygens (including phenoxy) is 1. The van der Waals surface area contributed by atoms with Gasteiger partial charge in [0, 0.05) is 34.8 Å². The minimum Gasteiger partial charge on any atom is -0.489 e. The van der Waals surface area contributed by atoms with Gasteiger partial charge in [-0.25, -0.2) is 0 Å². The number of aryl methyl sites for hydroxylation is 1. The van der Waals surface area contributed by atoms with Gasteiger partial charge in [-0.15, -0.1) is 0 Å². The number of anilines is 1. The number of hydrogen-bond acceptors (Lipinski definition) is 3. The van der Waals surface area contributed by atoms with Crippen LogP contribution in [0, 0.1) is 6.92 Å². The van der Waals surface area contributed by atoms with Gasteiger partial charge in [0.2, 0.25) is 0 Å². The van der Waals surface area contributed by atoms with Crippen molar-refractivity contribution >= 4 is 23.2 Å². The highest BCUT2D eigenvalue weighted by Crippen LogP contribution is 2.45. The van der Waals surface area contributed by atoms with Crippen molar-refractivity contribution in [2.24, 2.45) is 0 Å². The molecule has 0 saturated carbocycles. The number of benzene rings is 3. The molecule has 3 aromatic carbocycles. The summed E-state index contributed by atoms with van der Waals surface area (Å²) in [6, 6.07) is 21.8. The van der Waals surface area contributed by atoms with E-state index in [-0.39, 0.29) is 11.9 Å². The number of likely N-dealkylation sites (tertiary alicyclic amines) is 1. The number of halogens is 1. The van der Waals surface area contributed by atoms with E-state index < -0.39 is 0 Å². The number of carbonyl (C=O) groups excluding carboxylic acids is 1. The zero-order valence-corrected chi connectivity index (χ0v) is 19.2. The van der Waals surface area contributed by atoms with Crippen molar-refractivity contribution < 1.29 is 9.53 Å². The Morgan fingerprint density at radius 1 is 1.09 bits per heavy atom. The van der Waals surface area contributed by atoms with Crippen LogP contribution in [0.3, 0.4) is 0 Å². The van der Waals surface area contributed by atoms with Gasteiger partial charge in [-0.2, -0.15) is 0 Å². The fourth-order valence-corrected chi connectivity index (χ4v) is 5.10. The van der Waals surface area contributed by atoms with Crippen LogP contribution in [0.15, 0.2) is 66.7 Å². The first kappa shape index (κ1) is 21.0. The Labute approximate surface area is 194 Å². The Morgan fingerprint density at radius 2 is 1.91 bits per heavy atom. The maximum atomic E-state index is 13.8. The Bertz CT molecular complexity index is 1140. The third-order valence-electron chi connectivity index (χ3n) is 6.56. The molecular formula is C27H27ClN2O2. The van der Waals surface area contributed by atoms with Crippen molar-refractivity contribution in [2.45, 2.75) is 31.9 Å². The molecular weight excluding hydrogens is 420 g/mol. The molecule has 32 heavy (non-hydrogen) atoms. The lowest BCUT2D eigenvalue weighted by atomic mass is 9.88. The van der Waals surface area contributed by atoms with E-state index in [1.54, 1.807) is 12.1 Å². The van der Waals surface area contributed by atoms with Gasteiger partial charge in [0.1, 0.15) is 12.4 Å². The zero-order chi connectivity index (χ0) is 22.2. The lowest BCUT2D eigenvalue weighted by Gasteiger charge is -2.36. The van der Waals surface area contributed by atoms with Crippen molar-refractivity contribution in [3.63, 3.8) is 0 Å². The number of carbonyl (C=O) groups is 1. The van der Waals surface area contributed by atoms with Crippen molar-refractivity contribution in [3.05, 3.63) is 94.0 Å². The summed E-state index contributed by atoms with van der Waals surface area (Å²) in [6.07, 6.45) is 0.986. The van der Waals surface area contributed by atoms with Crippen LogP contribution in [-0.2, 0) is 6.61 Å². The minimum atomic E-state index is 0.0699. The third kappa shape index (κ3) is 4.01. The van der Waals surface area contributed by atoms with Gasteiger partial charge < -0.3 is 14.5 Å². The van der Waals surface area contributed by atoms with E-state index in [0.29, 0.717) is 23.1 Å². The van der Waals surface area contributed by atoms with Gasteiger partial charge >= 0.3 is 0 Å². The third-order valence-corrected chi connectivity index (χ3v) is 6.82. The predicted molar refractivity (Wildman–Crippen MR) is 129 cm³/mol.